The van der Waals surface area contributed by atoms with Crippen molar-refractivity contribution in [1.82, 2.24) is 4.57 Å². The molecular formula is C25H21N3O5S. The topological polar surface area (TPSA) is 117 Å². The fourth-order valence-corrected chi connectivity index (χ4v) is 5.06. The molecule has 0 amide bonds. The average Bonchev–Trinajstić information content (AvgIpc) is 3.19. The lowest BCUT2D eigenvalue weighted by atomic mass is 9.84. The Labute approximate surface area is 199 Å². The molecule has 9 heteroatoms. The summed E-state index contributed by atoms with van der Waals surface area (Å²) in [6.07, 6.45) is 1.69. The average molecular weight is 476 g/mol. The van der Waals surface area contributed by atoms with Gasteiger partial charge in [-0.25, -0.2) is 4.79 Å². The number of nitriles is 1. The van der Waals surface area contributed by atoms with E-state index >= 15 is 0 Å². The number of allylic oxidation sites excluding steroid dienone is 1. The van der Waals surface area contributed by atoms with E-state index in [-0.39, 0.29) is 17.0 Å². The van der Waals surface area contributed by atoms with E-state index < -0.39 is 17.4 Å². The van der Waals surface area contributed by atoms with Crippen molar-refractivity contribution in [2.75, 3.05) is 21.3 Å². The van der Waals surface area contributed by atoms with E-state index in [1.54, 1.807) is 49.6 Å². The standard InChI is InChI=1S/C25H21N3O5S/c1-31-16-8-4-6-14(10-16)11-19-23(29)28-22(27)18(13-26)20(15-7-5-9-17(12-15)32-2)21(24(28)34-19)25(30)33-3/h4-12,20H,27H2,1-3H3/b19-11-/t20-/m0/s1. The van der Waals surface area contributed by atoms with Gasteiger partial charge in [0.25, 0.3) is 5.56 Å². The third-order valence-corrected chi connectivity index (χ3v) is 6.60. The molecule has 1 aliphatic rings. The molecule has 0 saturated carbocycles. The summed E-state index contributed by atoms with van der Waals surface area (Å²) in [6, 6.07) is 16.3. The molecule has 1 atom stereocenters. The van der Waals surface area contributed by atoms with Crippen LogP contribution >= 0.6 is 11.3 Å². The Bertz CT molecular complexity index is 1540. The lowest BCUT2D eigenvalue weighted by molar-refractivity contribution is -0.134. The summed E-state index contributed by atoms with van der Waals surface area (Å²) in [5, 5.41) is 9.99. The van der Waals surface area contributed by atoms with Crippen molar-refractivity contribution in [3.63, 3.8) is 0 Å². The van der Waals surface area contributed by atoms with Crippen LogP contribution in [0.1, 0.15) is 17.0 Å². The molecule has 3 aromatic rings. The van der Waals surface area contributed by atoms with Crippen LogP contribution in [0.2, 0.25) is 0 Å². The van der Waals surface area contributed by atoms with E-state index in [1.165, 1.54) is 18.8 Å². The van der Waals surface area contributed by atoms with Gasteiger partial charge in [-0.05, 0) is 41.5 Å². The summed E-state index contributed by atoms with van der Waals surface area (Å²) in [4.78, 5) is 26.3. The predicted molar refractivity (Wildman–Crippen MR) is 129 cm³/mol. The zero-order chi connectivity index (χ0) is 24.4. The monoisotopic (exact) mass is 475 g/mol. The van der Waals surface area contributed by atoms with E-state index in [1.807, 2.05) is 12.1 Å². The van der Waals surface area contributed by atoms with Crippen LogP contribution < -0.4 is 30.0 Å². The van der Waals surface area contributed by atoms with Crippen LogP contribution in [0.4, 0.5) is 0 Å². The van der Waals surface area contributed by atoms with E-state index in [4.69, 9.17) is 19.9 Å². The number of esters is 1. The summed E-state index contributed by atoms with van der Waals surface area (Å²) in [5.41, 5.74) is 7.51. The van der Waals surface area contributed by atoms with Crippen LogP contribution in [0.3, 0.4) is 0 Å². The molecule has 0 saturated heterocycles. The molecule has 8 nitrogen and oxygen atoms in total. The van der Waals surface area contributed by atoms with Gasteiger partial charge in [0.05, 0.1) is 49.0 Å². The number of rotatable bonds is 5. The van der Waals surface area contributed by atoms with Crippen molar-refractivity contribution in [2.24, 2.45) is 5.73 Å². The highest BCUT2D eigenvalue weighted by Crippen LogP contribution is 2.37. The van der Waals surface area contributed by atoms with Gasteiger partial charge in [0.2, 0.25) is 0 Å². The van der Waals surface area contributed by atoms with Crippen LogP contribution in [0.25, 0.3) is 17.5 Å². The largest absolute Gasteiger partial charge is 0.497 e. The third kappa shape index (κ3) is 3.84. The number of fused-ring (bicyclic) bond motifs is 1. The lowest BCUT2D eigenvalue weighted by Gasteiger charge is -2.24. The lowest BCUT2D eigenvalue weighted by Crippen LogP contribution is -2.40. The molecule has 1 aliphatic heterocycles. The maximum atomic E-state index is 13.3. The first kappa shape index (κ1) is 22.9. The second kappa shape index (κ2) is 9.29. The molecule has 2 N–H and O–H groups in total. The molecule has 0 unspecified atom stereocenters. The summed E-state index contributed by atoms with van der Waals surface area (Å²) in [6.45, 7) is 0. The van der Waals surface area contributed by atoms with Gasteiger partial charge in [0.1, 0.15) is 22.0 Å². The molecular weight excluding hydrogens is 454 g/mol. The number of aromatic nitrogens is 1. The summed E-state index contributed by atoms with van der Waals surface area (Å²) >= 11 is 1.11. The van der Waals surface area contributed by atoms with Crippen LogP contribution in [-0.2, 0) is 9.53 Å². The number of nitrogens with zero attached hydrogens (tertiary/aromatic N) is 2. The Balaban J connectivity index is 2.08. The fraction of sp³-hybridized carbons (Fsp3) is 0.160. The van der Waals surface area contributed by atoms with Gasteiger partial charge >= 0.3 is 5.97 Å². The Morgan fingerprint density at radius 3 is 2.44 bits per heavy atom. The van der Waals surface area contributed by atoms with Gasteiger partial charge in [-0.2, -0.15) is 5.26 Å². The molecule has 0 bridgehead atoms. The van der Waals surface area contributed by atoms with Gasteiger partial charge in [0.15, 0.2) is 0 Å². The maximum Gasteiger partial charge on any atom is 0.337 e. The van der Waals surface area contributed by atoms with Gasteiger partial charge in [0, 0.05) is 0 Å². The Morgan fingerprint density at radius 2 is 1.79 bits per heavy atom. The molecule has 2 heterocycles. The van der Waals surface area contributed by atoms with E-state index in [0.29, 0.717) is 26.3 Å². The number of hydrogen-bond donors (Lipinski definition) is 1. The minimum atomic E-state index is -0.824. The Morgan fingerprint density at radius 1 is 1.12 bits per heavy atom. The van der Waals surface area contributed by atoms with Gasteiger partial charge < -0.3 is 19.9 Å². The van der Waals surface area contributed by atoms with Crippen molar-refractivity contribution >= 4 is 34.8 Å². The second-order valence-electron chi connectivity index (χ2n) is 7.36. The molecule has 4 rings (SSSR count). The van der Waals surface area contributed by atoms with Crippen LogP contribution in [0, 0.1) is 11.3 Å². The molecule has 0 spiro atoms. The number of carbonyl (C=O) groups is 1. The van der Waals surface area contributed by atoms with Crippen molar-refractivity contribution in [1.29, 1.82) is 5.26 Å². The minimum Gasteiger partial charge on any atom is -0.497 e. The highest BCUT2D eigenvalue weighted by molar-refractivity contribution is 7.07. The Hall–Kier alpha value is -4.29. The SMILES string of the molecule is COC(=O)C1=c2s/c(=C\c3cccc(OC)c3)c(=O)n2C(N)=C(C#N)[C@@H]1c1cccc(OC)c1. The number of thiazole rings is 1. The van der Waals surface area contributed by atoms with Gasteiger partial charge in [-0.3, -0.25) is 9.36 Å². The number of nitrogens with two attached hydrogens (primary N) is 1. The third-order valence-electron chi connectivity index (χ3n) is 5.49. The summed E-state index contributed by atoms with van der Waals surface area (Å²) in [5.74, 6) is -0.309. The number of hydrogen-bond acceptors (Lipinski definition) is 8. The Kier molecular flexibility index (Phi) is 6.25. The van der Waals surface area contributed by atoms with Crippen LogP contribution in [0.5, 0.6) is 11.5 Å². The quantitative estimate of drug-likeness (QED) is 0.556. The van der Waals surface area contributed by atoms with Crippen molar-refractivity contribution in [2.45, 2.75) is 5.92 Å². The zero-order valence-electron chi connectivity index (χ0n) is 18.7. The minimum absolute atomic E-state index is 0.0236. The molecule has 0 fully saturated rings. The molecule has 0 aliphatic carbocycles. The highest BCUT2D eigenvalue weighted by Gasteiger charge is 2.36. The van der Waals surface area contributed by atoms with Gasteiger partial charge in [-0.1, -0.05) is 24.3 Å². The molecule has 0 radical (unpaired) electrons. The highest BCUT2D eigenvalue weighted by atomic mass is 32.1. The van der Waals surface area contributed by atoms with E-state index in [9.17, 15) is 14.9 Å². The van der Waals surface area contributed by atoms with Crippen LogP contribution in [0.15, 0.2) is 58.9 Å². The van der Waals surface area contributed by atoms with Crippen molar-refractivity contribution < 1.29 is 19.0 Å². The number of ether oxygens (including phenoxy) is 3. The second-order valence-corrected chi connectivity index (χ2v) is 8.39. The van der Waals surface area contributed by atoms with Crippen LogP contribution in [-0.4, -0.2) is 31.9 Å². The molecule has 1 aromatic heterocycles. The maximum absolute atomic E-state index is 13.3. The first-order chi connectivity index (χ1) is 16.4. The van der Waals surface area contributed by atoms with E-state index in [2.05, 4.69) is 6.07 Å². The van der Waals surface area contributed by atoms with Gasteiger partial charge in [-0.15, -0.1) is 11.3 Å². The smallest absolute Gasteiger partial charge is 0.337 e. The van der Waals surface area contributed by atoms with Crippen molar-refractivity contribution in [3.05, 3.63) is 84.8 Å². The summed E-state index contributed by atoms with van der Waals surface area (Å²) in [7, 11) is 4.34. The predicted octanol–water partition coefficient (Wildman–Crippen LogP) is 1.53. The van der Waals surface area contributed by atoms with E-state index in [0.717, 1.165) is 16.9 Å². The summed E-state index contributed by atoms with van der Waals surface area (Å²) < 4.78 is 17.5. The first-order valence-corrected chi connectivity index (χ1v) is 11.0. The number of carbonyl (C=O) groups excluding carboxylic acids is 1. The normalized spacial score (nSPS) is 15.5. The molecule has 172 valence electrons. The number of methoxy groups -OCH3 is 3. The zero-order valence-corrected chi connectivity index (χ0v) is 19.5. The van der Waals surface area contributed by atoms with Crippen molar-refractivity contribution in [3.8, 4) is 17.6 Å². The molecule has 34 heavy (non-hydrogen) atoms. The fourth-order valence-electron chi connectivity index (χ4n) is 3.89. The first-order valence-electron chi connectivity index (χ1n) is 10.2. The number of benzene rings is 2. The molecule has 2 aromatic carbocycles.